The van der Waals surface area contributed by atoms with Crippen LogP contribution in [0, 0.1) is 0 Å². The number of benzene rings is 2. The van der Waals surface area contributed by atoms with Crippen molar-refractivity contribution in [1.29, 1.82) is 0 Å². The van der Waals surface area contributed by atoms with Crippen LogP contribution < -0.4 is 19.5 Å². The van der Waals surface area contributed by atoms with E-state index in [2.05, 4.69) is 21.0 Å². The van der Waals surface area contributed by atoms with Crippen LogP contribution >= 0.6 is 0 Å². The Hall–Kier alpha value is -2.88. The number of amides is 1. The average molecular weight is 474 g/mol. The first-order chi connectivity index (χ1) is 15.8. The minimum atomic E-state index is -3.68. The van der Waals surface area contributed by atoms with Crippen LogP contribution in [-0.4, -0.2) is 59.6 Å². The van der Waals surface area contributed by atoms with Gasteiger partial charge in [0.15, 0.2) is 0 Å². The lowest BCUT2D eigenvalue weighted by Crippen LogP contribution is -2.43. The third kappa shape index (κ3) is 6.80. The molecule has 0 spiro atoms. The zero-order valence-corrected chi connectivity index (χ0v) is 20.0. The lowest BCUT2D eigenvalue weighted by molar-refractivity contribution is -0.117. The van der Waals surface area contributed by atoms with Crippen LogP contribution in [0.1, 0.15) is 24.0 Å². The minimum absolute atomic E-state index is 0.0264. The molecule has 1 aliphatic rings. The van der Waals surface area contributed by atoms with Crippen LogP contribution in [-0.2, 0) is 21.4 Å². The smallest absolute Gasteiger partial charge is 0.244 e. The summed E-state index contributed by atoms with van der Waals surface area (Å²) in [7, 11) is 0.740. The van der Waals surface area contributed by atoms with Crippen LogP contribution in [0.25, 0.3) is 6.08 Å². The minimum Gasteiger partial charge on any atom is -0.497 e. The second-order valence-corrected chi connectivity index (χ2v) is 9.72. The molecule has 0 aliphatic carbocycles. The maximum absolute atomic E-state index is 12.4. The van der Waals surface area contributed by atoms with Gasteiger partial charge in [-0.25, -0.2) is 13.1 Å². The topological polar surface area (TPSA) is 97.0 Å². The predicted molar refractivity (Wildman–Crippen MR) is 128 cm³/mol. The largest absolute Gasteiger partial charge is 0.497 e. The Kier molecular flexibility index (Phi) is 8.49. The number of methoxy groups -OCH3 is 2. The van der Waals surface area contributed by atoms with Crippen molar-refractivity contribution in [3.05, 3.63) is 59.7 Å². The molecular formula is C24H31N3O5S. The summed E-state index contributed by atoms with van der Waals surface area (Å²) in [6, 6.07) is 12.9. The number of hydrogen-bond donors (Lipinski definition) is 2. The fraction of sp³-hybridized carbons (Fsp3) is 0.375. The zero-order valence-electron chi connectivity index (χ0n) is 19.2. The van der Waals surface area contributed by atoms with E-state index in [1.807, 2.05) is 18.2 Å². The first-order valence-electron chi connectivity index (χ1n) is 10.8. The summed E-state index contributed by atoms with van der Waals surface area (Å²) in [5.41, 5.74) is 1.80. The van der Waals surface area contributed by atoms with Gasteiger partial charge in [-0.05, 0) is 61.4 Å². The van der Waals surface area contributed by atoms with E-state index in [4.69, 9.17) is 9.47 Å². The first kappa shape index (κ1) is 24.8. The van der Waals surface area contributed by atoms with Crippen molar-refractivity contribution in [2.24, 2.45) is 0 Å². The quantitative estimate of drug-likeness (QED) is 0.543. The Morgan fingerprint density at radius 1 is 1.12 bits per heavy atom. The highest BCUT2D eigenvalue weighted by atomic mass is 32.2. The Balaban J connectivity index is 1.53. The number of nitrogens with one attached hydrogen (secondary N) is 2. The summed E-state index contributed by atoms with van der Waals surface area (Å²) >= 11 is 0. The van der Waals surface area contributed by atoms with E-state index >= 15 is 0 Å². The monoisotopic (exact) mass is 473 g/mol. The lowest BCUT2D eigenvalue weighted by atomic mass is 10.0. The third-order valence-corrected chi connectivity index (χ3v) is 7.08. The van der Waals surface area contributed by atoms with Crippen molar-refractivity contribution in [3.63, 3.8) is 0 Å². The molecule has 33 heavy (non-hydrogen) atoms. The summed E-state index contributed by atoms with van der Waals surface area (Å²) in [4.78, 5) is 14.8. The van der Waals surface area contributed by atoms with E-state index in [9.17, 15) is 13.2 Å². The van der Waals surface area contributed by atoms with E-state index in [0.29, 0.717) is 5.56 Å². The van der Waals surface area contributed by atoms with Crippen LogP contribution in [0.3, 0.4) is 0 Å². The van der Waals surface area contributed by atoms with Gasteiger partial charge in [0, 0.05) is 31.8 Å². The molecule has 1 amide bonds. The van der Waals surface area contributed by atoms with Crippen molar-refractivity contribution >= 4 is 22.0 Å². The van der Waals surface area contributed by atoms with Crippen molar-refractivity contribution in [1.82, 2.24) is 14.9 Å². The molecule has 0 aromatic heterocycles. The standard InChI is InChI=1S/C24H31N3O5S/c1-25-33(29,30)23-16-18(7-9-22(23)32-3)8-10-24(28)26-20-11-13-27(14-12-20)17-19-5-4-6-21(15-19)31-2/h4-10,15-16,20,25H,11-14,17H2,1-3H3,(H,26,28). The summed E-state index contributed by atoms with van der Waals surface area (Å²) in [5, 5.41) is 3.04. The summed E-state index contributed by atoms with van der Waals surface area (Å²) in [6.07, 6.45) is 4.77. The fourth-order valence-corrected chi connectivity index (χ4v) is 4.73. The molecule has 0 atom stereocenters. The van der Waals surface area contributed by atoms with Gasteiger partial charge in [0.25, 0.3) is 0 Å². The third-order valence-electron chi connectivity index (χ3n) is 5.65. The molecule has 0 bridgehead atoms. The Morgan fingerprint density at radius 3 is 2.55 bits per heavy atom. The molecule has 2 aromatic rings. The number of nitrogens with zero attached hydrogens (tertiary/aromatic N) is 1. The highest BCUT2D eigenvalue weighted by molar-refractivity contribution is 7.89. The van der Waals surface area contributed by atoms with Gasteiger partial charge >= 0.3 is 0 Å². The van der Waals surface area contributed by atoms with Gasteiger partial charge in [-0.15, -0.1) is 0 Å². The molecule has 0 unspecified atom stereocenters. The zero-order chi connectivity index (χ0) is 23.8. The highest BCUT2D eigenvalue weighted by Gasteiger charge is 2.21. The SMILES string of the molecule is CNS(=O)(=O)c1cc(C=CC(=O)NC2CCN(Cc3cccc(OC)c3)CC2)ccc1OC. The van der Waals surface area contributed by atoms with Crippen molar-refractivity contribution in [2.45, 2.75) is 30.3 Å². The van der Waals surface area contributed by atoms with Crippen LogP contribution in [0.4, 0.5) is 0 Å². The van der Waals surface area contributed by atoms with Crippen LogP contribution in [0.15, 0.2) is 53.4 Å². The number of carbonyl (C=O) groups is 1. The summed E-state index contributed by atoms with van der Waals surface area (Å²) < 4.78 is 37.1. The number of carbonyl (C=O) groups excluding carboxylic acids is 1. The van der Waals surface area contributed by atoms with Crippen molar-refractivity contribution in [3.8, 4) is 11.5 Å². The van der Waals surface area contributed by atoms with Gasteiger partial charge in [-0.2, -0.15) is 0 Å². The van der Waals surface area contributed by atoms with E-state index in [1.54, 1.807) is 25.3 Å². The van der Waals surface area contributed by atoms with Gasteiger partial charge in [0.2, 0.25) is 15.9 Å². The number of hydrogen-bond acceptors (Lipinski definition) is 6. The molecule has 1 saturated heterocycles. The van der Waals surface area contributed by atoms with Crippen molar-refractivity contribution in [2.75, 3.05) is 34.4 Å². The molecule has 2 N–H and O–H groups in total. The maximum atomic E-state index is 12.4. The van der Waals surface area contributed by atoms with Gasteiger partial charge in [-0.3, -0.25) is 9.69 Å². The Labute approximate surface area is 195 Å². The number of sulfonamides is 1. The molecule has 3 rings (SSSR count). The van der Waals surface area contributed by atoms with E-state index < -0.39 is 10.0 Å². The average Bonchev–Trinajstić information content (AvgIpc) is 2.84. The Morgan fingerprint density at radius 2 is 1.88 bits per heavy atom. The van der Waals surface area contributed by atoms with Crippen LogP contribution in [0.2, 0.25) is 0 Å². The molecule has 1 heterocycles. The molecule has 8 nitrogen and oxygen atoms in total. The molecule has 0 radical (unpaired) electrons. The fourth-order valence-electron chi connectivity index (χ4n) is 3.80. The normalized spacial score (nSPS) is 15.5. The molecular weight excluding hydrogens is 442 g/mol. The molecule has 9 heteroatoms. The van der Waals surface area contributed by atoms with Gasteiger partial charge < -0.3 is 14.8 Å². The molecule has 1 fully saturated rings. The van der Waals surface area contributed by atoms with E-state index in [-0.39, 0.29) is 22.6 Å². The maximum Gasteiger partial charge on any atom is 0.244 e. The first-order valence-corrected chi connectivity index (χ1v) is 12.3. The molecule has 2 aromatic carbocycles. The Bertz CT molecular complexity index is 1090. The van der Waals surface area contributed by atoms with E-state index in [0.717, 1.165) is 38.2 Å². The predicted octanol–water partition coefficient (Wildman–Crippen LogP) is 2.41. The lowest BCUT2D eigenvalue weighted by Gasteiger charge is -2.32. The number of rotatable bonds is 9. The summed E-state index contributed by atoms with van der Waals surface area (Å²) in [5.74, 6) is 0.899. The number of ether oxygens (including phenoxy) is 2. The molecule has 1 aliphatic heterocycles. The van der Waals surface area contributed by atoms with Crippen LogP contribution in [0.5, 0.6) is 11.5 Å². The van der Waals surface area contributed by atoms with Gasteiger partial charge in [-0.1, -0.05) is 18.2 Å². The number of piperidine rings is 1. The van der Waals surface area contributed by atoms with Crippen molar-refractivity contribution < 1.29 is 22.7 Å². The molecule has 178 valence electrons. The second kappa shape index (κ2) is 11.3. The number of likely N-dealkylation sites (tertiary alicyclic amines) is 1. The molecule has 0 saturated carbocycles. The summed E-state index contributed by atoms with van der Waals surface area (Å²) in [6.45, 7) is 2.65. The second-order valence-electron chi connectivity index (χ2n) is 7.86. The van der Waals surface area contributed by atoms with Gasteiger partial charge in [0.05, 0.1) is 14.2 Å². The highest BCUT2D eigenvalue weighted by Crippen LogP contribution is 2.25. The van der Waals surface area contributed by atoms with Gasteiger partial charge in [0.1, 0.15) is 16.4 Å². The van der Waals surface area contributed by atoms with E-state index in [1.165, 1.54) is 31.9 Å².